The molecular weight excluding hydrogens is 478 g/mol. The van der Waals surface area contributed by atoms with E-state index in [1.54, 1.807) is 16.7 Å². The molecule has 4 rings (SSSR count). The van der Waals surface area contributed by atoms with Gasteiger partial charge in [-0.25, -0.2) is 0 Å². The standard InChI is InChI=1S/C31H37N3O2S/c1-4-18-33(19-5-2)20-8-17-32-30(35)25-15-16-29-27(21-25)34(22-24-13-11-23(3)12-14-24)31(36)26-9-6-7-10-28(26)37-29/h6-7,9-16,21H,4-5,8,17-20,22H2,1-3H3,(H,32,35)/p+1. The second-order valence-electron chi connectivity index (χ2n) is 9.77. The first-order valence-corrected chi connectivity index (χ1v) is 14.2. The fraction of sp³-hybridized carbons (Fsp3) is 0.355. The third-order valence-electron chi connectivity index (χ3n) is 6.76. The molecule has 0 fully saturated rings. The predicted octanol–water partition coefficient (Wildman–Crippen LogP) is 5.13. The number of hydrogen-bond acceptors (Lipinski definition) is 3. The number of nitrogens with zero attached hydrogens (tertiary/aromatic N) is 1. The van der Waals surface area contributed by atoms with Crippen molar-refractivity contribution in [2.45, 2.75) is 56.4 Å². The van der Waals surface area contributed by atoms with E-state index in [0.717, 1.165) is 34.0 Å². The number of nitrogens with one attached hydrogen (secondary N) is 2. The Balaban J connectivity index is 1.54. The van der Waals surface area contributed by atoms with Crippen LogP contribution in [0.4, 0.5) is 5.69 Å². The van der Waals surface area contributed by atoms with Crippen LogP contribution in [0.2, 0.25) is 0 Å². The normalized spacial score (nSPS) is 12.8. The Hall–Kier alpha value is -3.09. The Morgan fingerprint density at radius 1 is 0.919 bits per heavy atom. The molecule has 6 heteroatoms. The van der Waals surface area contributed by atoms with Crippen molar-refractivity contribution in [2.75, 3.05) is 31.1 Å². The lowest BCUT2D eigenvalue weighted by atomic mass is 10.1. The largest absolute Gasteiger partial charge is 0.352 e. The molecule has 0 saturated carbocycles. The first-order valence-electron chi connectivity index (χ1n) is 13.4. The average molecular weight is 517 g/mol. The van der Waals surface area contributed by atoms with Crippen molar-refractivity contribution < 1.29 is 14.5 Å². The molecule has 5 nitrogen and oxygen atoms in total. The zero-order chi connectivity index (χ0) is 26.2. The SMILES string of the molecule is CCC[NH+](CCC)CCCNC(=O)c1ccc2c(c1)N(Cc1ccc(C)cc1)C(=O)c1ccccc1S2. The maximum atomic E-state index is 13.7. The van der Waals surface area contributed by atoms with E-state index in [1.165, 1.54) is 31.5 Å². The number of carbonyl (C=O) groups is 2. The van der Waals surface area contributed by atoms with Crippen LogP contribution >= 0.6 is 11.8 Å². The van der Waals surface area contributed by atoms with Gasteiger partial charge in [-0.3, -0.25) is 9.59 Å². The van der Waals surface area contributed by atoms with Crippen molar-refractivity contribution in [1.82, 2.24) is 5.32 Å². The van der Waals surface area contributed by atoms with E-state index in [4.69, 9.17) is 0 Å². The summed E-state index contributed by atoms with van der Waals surface area (Å²) in [6.07, 6.45) is 3.31. The molecule has 0 atom stereocenters. The number of carbonyl (C=O) groups excluding carboxylic acids is 2. The smallest absolute Gasteiger partial charge is 0.259 e. The minimum atomic E-state index is -0.0928. The third kappa shape index (κ3) is 6.82. The first kappa shape index (κ1) is 27.0. The second kappa shape index (κ2) is 12.9. The van der Waals surface area contributed by atoms with Gasteiger partial charge in [0.15, 0.2) is 0 Å². The Morgan fingerprint density at radius 2 is 1.65 bits per heavy atom. The molecule has 1 aliphatic heterocycles. The summed E-state index contributed by atoms with van der Waals surface area (Å²) in [6, 6.07) is 21.7. The summed E-state index contributed by atoms with van der Waals surface area (Å²) in [6.45, 7) is 11.0. The van der Waals surface area contributed by atoms with Crippen LogP contribution in [0, 0.1) is 6.92 Å². The van der Waals surface area contributed by atoms with Gasteiger partial charge in [-0.15, -0.1) is 0 Å². The van der Waals surface area contributed by atoms with Gasteiger partial charge in [-0.2, -0.15) is 0 Å². The van der Waals surface area contributed by atoms with Gasteiger partial charge in [-0.05, 0) is 55.7 Å². The first-order chi connectivity index (χ1) is 18.0. The number of anilines is 1. The summed E-state index contributed by atoms with van der Waals surface area (Å²) in [4.78, 5) is 32.2. The predicted molar refractivity (Wildman–Crippen MR) is 152 cm³/mol. The van der Waals surface area contributed by atoms with E-state index in [9.17, 15) is 9.59 Å². The van der Waals surface area contributed by atoms with Gasteiger partial charge in [0.05, 0.1) is 37.4 Å². The minimum Gasteiger partial charge on any atom is -0.352 e. The van der Waals surface area contributed by atoms with E-state index in [0.29, 0.717) is 24.2 Å². The lowest BCUT2D eigenvalue weighted by Crippen LogP contribution is -3.12. The molecule has 2 amide bonds. The fourth-order valence-electron chi connectivity index (χ4n) is 4.82. The van der Waals surface area contributed by atoms with Crippen molar-refractivity contribution in [3.8, 4) is 0 Å². The summed E-state index contributed by atoms with van der Waals surface area (Å²) < 4.78 is 0. The van der Waals surface area contributed by atoms with Gasteiger partial charge in [0.25, 0.3) is 11.8 Å². The van der Waals surface area contributed by atoms with E-state index < -0.39 is 0 Å². The molecule has 0 radical (unpaired) electrons. The number of fused-ring (bicyclic) bond motifs is 2. The number of amides is 2. The number of aryl methyl sites for hydroxylation is 1. The zero-order valence-corrected chi connectivity index (χ0v) is 23.0. The van der Waals surface area contributed by atoms with Crippen molar-refractivity contribution in [2.24, 2.45) is 0 Å². The van der Waals surface area contributed by atoms with Crippen LogP contribution in [-0.4, -0.2) is 38.0 Å². The second-order valence-corrected chi connectivity index (χ2v) is 10.9. The van der Waals surface area contributed by atoms with Gasteiger partial charge >= 0.3 is 0 Å². The monoisotopic (exact) mass is 516 g/mol. The Bertz CT molecular complexity index is 1220. The quantitative estimate of drug-likeness (QED) is 0.348. The van der Waals surface area contributed by atoms with Crippen molar-refractivity contribution in [3.05, 3.63) is 89.0 Å². The Labute approximate surface area is 225 Å². The molecule has 0 bridgehead atoms. The number of quaternary nitrogens is 1. The molecule has 1 heterocycles. The Morgan fingerprint density at radius 3 is 2.38 bits per heavy atom. The molecule has 0 unspecified atom stereocenters. The summed E-state index contributed by atoms with van der Waals surface area (Å²) in [7, 11) is 0. The molecule has 0 spiro atoms. The highest BCUT2D eigenvalue weighted by Crippen LogP contribution is 2.42. The topological polar surface area (TPSA) is 53.9 Å². The maximum absolute atomic E-state index is 13.7. The van der Waals surface area contributed by atoms with Crippen molar-refractivity contribution in [3.63, 3.8) is 0 Å². The van der Waals surface area contributed by atoms with Crippen LogP contribution < -0.4 is 15.1 Å². The molecule has 3 aromatic rings. The van der Waals surface area contributed by atoms with E-state index in [2.05, 4.69) is 50.4 Å². The van der Waals surface area contributed by atoms with E-state index in [1.807, 2.05) is 47.4 Å². The highest BCUT2D eigenvalue weighted by Gasteiger charge is 2.28. The van der Waals surface area contributed by atoms with Crippen molar-refractivity contribution >= 4 is 29.3 Å². The van der Waals surface area contributed by atoms with Gasteiger partial charge in [0.2, 0.25) is 0 Å². The fourth-order valence-corrected chi connectivity index (χ4v) is 5.88. The molecule has 37 heavy (non-hydrogen) atoms. The minimum absolute atomic E-state index is 0.0464. The lowest BCUT2D eigenvalue weighted by Gasteiger charge is -2.24. The van der Waals surface area contributed by atoms with Crippen LogP contribution in [0.1, 0.15) is 65.0 Å². The van der Waals surface area contributed by atoms with Gasteiger partial charge in [0.1, 0.15) is 0 Å². The van der Waals surface area contributed by atoms with Crippen LogP contribution in [0.5, 0.6) is 0 Å². The molecule has 0 aliphatic carbocycles. The molecule has 0 saturated heterocycles. The summed E-state index contributed by atoms with van der Waals surface area (Å²) in [5, 5.41) is 3.10. The van der Waals surface area contributed by atoms with Crippen LogP contribution in [0.15, 0.2) is 76.5 Å². The molecule has 2 N–H and O–H groups in total. The third-order valence-corrected chi connectivity index (χ3v) is 7.90. The summed E-state index contributed by atoms with van der Waals surface area (Å²) in [5.74, 6) is -0.139. The molecule has 194 valence electrons. The number of rotatable bonds is 11. The zero-order valence-electron chi connectivity index (χ0n) is 22.2. The highest BCUT2D eigenvalue weighted by molar-refractivity contribution is 7.99. The van der Waals surface area contributed by atoms with Gasteiger partial charge in [-0.1, -0.05) is 67.6 Å². The number of benzene rings is 3. The van der Waals surface area contributed by atoms with E-state index >= 15 is 0 Å². The van der Waals surface area contributed by atoms with Gasteiger partial charge in [0, 0.05) is 28.3 Å². The van der Waals surface area contributed by atoms with Crippen LogP contribution in [-0.2, 0) is 6.54 Å². The number of hydrogen-bond donors (Lipinski definition) is 2. The summed E-state index contributed by atoms with van der Waals surface area (Å²) in [5.41, 5.74) is 4.28. The molecule has 1 aliphatic rings. The van der Waals surface area contributed by atoms with Crippen LogP contribution in [0.3, 0.4) is 0 Å². The van der Waals surface area contributed by atoms with Gasteiger partial charge < -0.3 is 15.1 Å². The Kier molecular flexibility index (Phi) is 9.42. The molecular formula is C31H38N3O2S+. The average Bonchev–Trinajstić information content (AvgIpc) is 3.02. The van der Waals surface area contributed by atoms with E-state index in [-0.39, 0.29) is 11.8 Å². The highest BCUT2D eigenvalue weighted by atomic mass is 32.2. The molecule has 3 aromatic carbocycles. The molecule has 0 aromatic heterocycles. The summed E-state index contributed by atoms with van der Waals surface area (Å²) >= 11 is 1.58. The maximum Gasteiger partial charge on any atom is 0.259 e. The van der Waals surface area contributed by atoms with Crippen LogP contribution in [0.25, 0.3) is 0 Å². The lowest BCUT2D eigenvalue weighted by molar-refractivity contribution is -0.900. The van der Waals surface area contributed by atoms with Crippen molar-refractivity contribution in [1.29, 1.82) is 0 Å².